The predicted octanol–water partition coefficient (Wildman–Crippen LogP) is -3.98. The van der Waals surface area contributed by atoms with Crippen LogP contribution in [0.5, 0.6) is 11.5 Å². The first kappa shape index (κ1) is 23.9. The largest absolute Gasteiger partial charge is 1.00 e. The van der Waals surface area contributed by atoms with E-state index in [9.17, 15) is 18.7 Å². The third-order valence-electron chi connectivity index (χ3n) is 4.45. The molecule has 0 bridgehead atoms. The van der Waals surface area contributed by atoms with Crippen molar-refractivity contribution in [2.45, 2.75) is 38.5 Å². The van der Waals surface area contributed by atoms with Gasteiger partial charge < -0.3 is 28.3 Å². The van der Waals surface area contributed by atoms with Gasteiger partial charge in [-0.15, -0.1) is 0 Å². The van der Waals surface area contributed by atoms with E-state index in [0.717, 1.165) is 12.8 Å². The Kier molecular flexibility index (Phi) is 8.96. The summed E-state index contributed by atoms with van der Waals surface area (Å²) >= 11 is 0. The van der Waals surface area contributed by atoms with Gasteiger partial charge in [0.25, 0.3) is 0 Å². The standard InChI is InChI=1S/C15H20FO6P.2Na/c1-8-6-20-15-12(16)5-11(9(2)10-3-4-10)14(13(8)15)21-7-22-23(17,18)19;;/h5,8-10H,3-4,6-7H2,1-2H3,(H2,17,18,19);;/q;2*+1/p-2/t8-,9+;;/m1../s1. The van der Waals surface area contributed by atoms with E-state index in [-0.39, 0.29) is 76.7 Å². The summed E-state index contributed by atoms with van der Waals surface area (Å²) in [6.45, 7) is 3.46. The van der Waals surface area contributed by atoms with Crippen molar-refractivity contribution in [3.8, 4) is 11.5 Å². The zero-order chi connectivity index (χ0) is 16.8. The fourth-order valence-corrected chi connectivity index (χ4v) is 3.22. The van der Waals surface area contributed by atoms with Crippen molar-refractivity contribution in [3.63, 3.8) is 0 Å². The molecule has 0 N–H and O–H groups in total. The molecule has 0 aromatic heterocycles. The molecule has 0 unspecified atom stereocenters. The average molecular weight is 390 g/mol. The second kappa shape index (κ2) is 9.37. The minimum Gasteiger partial charge on any atom is -0.790 e. The molecule has 2 aliphatic rings. The molecule has 1 heterocycles. The first-order valence-corrected chi connectivity index (χ1v) is 9.02. The van der Waals surface area contributed by atoms with E-state index >= 15 is 0 Å². The van der Waals surface area contributed by atoms with E-state index in [1.165, 1.54) is 6.07 Å². The summed E-state index contributed by atoms with van der Waals surface area (Å²) in [7, 11) is -5.12. The summed E-state index contributed by atoms with van der Waals surface area (Å²) in [6.07, 6.45) is 2.14. The van der Waals surface area contributed by atoms with E-state index in [4.69, 9.17) is 9.47 Å². The number of halogens is 1. The van der Waals surface area contributed by atoms with E-state index in [2.05, 4.69) is 4.52 Å². The maximum Gasteiger partial charge on any atom is 1.00 e. The zero-order valence-electron chi connectivity index (χ0n) is 14.9. The molecule has 0 saturated heterocycles. The summed E-state index contributed by atoms with van der Waals surface area (Å²) in [5, 5.41) is 0. The SMILES string of the molecule is C[C@@H]1COc2c(F)cc([C@@H](C)C3CC3)c(OCOP(=O)([O-])[O-])c21.[Na+].[Na+]. The number of hydrogen-bond donors (Lipinski definition) is 0. The summed E-state index contributed by atoms with van der Waals surface area (Å²) in [4.78, 5) is 21.2. The van der Waals surface area contributed by atoms with Gasteiger partial charge in [-0.05, 0) is 30.7 Å². The molecular weight excluding hydrogens is 372 g/mol. The van der Waals surface area contributed by atoms with E-state index in [0.29, 0.717) is 29.4 Å². The zero-order valence-corrected chi connectivity index (χ0v) is 19.8. The molecule has 0 amide bonds. The van der Waals surface area contributed by atoms with Crippen molar-refractivity contribution >= 4 is 7.82 Å². The van der Waals surface area contributed by atoms with Crippen LogP contribution in [0.2, 0.25) is 0 Å². The second-order valence-electron chi connectivity index (χ2n) is 6.20. The van der Waals surface area contributed by atoms with Crippen molar-refractivity contribution in [1.82, 2.24) is 0 Å². The number of phosphoric acid groups is 1. The van der Waals surface area contributed by atoms with Gasteiger partial charge in [-0.2, -0.15) is 0 Å². The molecule has 6 nitrogen and oxygen atoms in total. The van der Waals surface area contributed by atoms with Crippen molar-refractivity contribution in [3.05, 3.63) is 23.0 Å². The summed E-state index contributed by atoms with van der Waals surface area (Å²) < 4.78 is 39.9. The molecule has 0 spiro atoms. The number of phosphoric ester groups is 1. The van der Waals surface area contributed by atoms with Gasteiger partial charge in [-0.3, -0.25) is 0 Å². The average Bonchev–Trinajstić information content (AvgIpc) is 3.23. The molecule has 1 aromatic carbocycles. The second-order valence-corrected chi connectivity index (χ2v) is 7.35. The Morgan fingerprint density at radius 3 is 2.60 bits per heavy atom. The first-order valence-electron chi connectivity index (χ1n) is 7.56. The van der Waals surface area contributed by atoms with Crippen LogP contribution in [0.4, 0.5) is 4.39 Å². The number of benzene rings is 1. The van der Waals surface area contributed by atoms with Crippen LogP contribution >= 0.6 is 7.82 Å². The van der Waals surface area contributed by atoms with Gasteiger partial charge in [-0.1, -0.05) is 13.8 Å². The van der Waals surface area contributed by atoms with Crippen LogP contribution in [0, 0.1) is 11.7 Å². The molecule has 10 heteroatoms. The van der Waals surface area contributed by atoms with Crippen LogP contribution in [0.1, 0.15) is 49.7 Å². The summed E-state index contributed by atoms with van der Waals surface area (Å²) in [6, 6.07) is 1.38. The number of ether oxygens (including phenoxy) is 2. The minimum absolute atomic E-state index is 0. The van der Waals surface area contributed by atoms with Crippen LogP contribution in [0.15, 0.2) is 6.07 Å². The molecule has 3 rings (SSSR count). The third kappa shape index (κ3) is 5.67. The Hall–Kier alpha value is 0.860. The molecule has 0 radical (unpaired) electrons. The normalized spacial score (nSPS) is 20.0. The van der Waals surface area contributed by atoms with Gasteiger partial charge in [-0.25, -0.2) is 4.39 Å². The minimum atomic E-state index is -5.12. The van der Waals surface area contributed by atoms with Crippen LogP contribution in [-0.2, 0) is 9.09 Å². The fourth-order valence-electron chi connectivity index (χ4n) is 3.04. The van der Waals surface area contributed by atoms with Gasteiger partial charge in [0.05, 0.1) is 14.4 Å². The quantitative estimate of drug-likeness (QED) is 0.280. The maximum absolute atomic E-state index is 14.3. The number of fused-ring (bicyclic) bond motifs is 1. The molecule has 1 aromatic rings. The number of rotatable bonds is 6. The molecule has 25 heavy (non-hydrogen) atoms. The van der Waals surface area contributed by atoms with E-state index in [1.54, 1.807) is 0 Å². The van der Waals surface area contributed by atoms with Crippen LogP contribution in [-0.4, -0.2) is 13.4 Å². The first-order chi connectivity index (χ1) is 10.8. The smallest absolute Gasteiger partial charge is 0.790 e. The molecule has 1 aliphatic heterocycles. The van der Waals surface area contributed by atoms with Gasteiger partial charge in [0.2, 0.25) is 0 Å². The fraction of sp³-hybridized carbons (Fsp3) is 0.600. The van der Waals surface area contributed by atoms with Crippen LogP contribution in [0.25, 0.3) is 0 Å². The molecule has 2 atom stereocenters. The molecule has 128 valence electrons. The van der Waals surface area contributed by atoms with Gasteiger partial charge in [0.1, 0.15) is 5.75 Å². The number of hydrogen-bond acceptors (Lipinski definition) is 6. The Bertz CT molecular complexity index is 664. The van der Waals surface area contributed by atoms with Crippen molar-refractivity contribution in [2.24, 2.45) is 5.92 Å². The van der Waals surface area contributed by atoms with Crippen LogP contribution < -0.4 is 78.4 Å². The van der Waals surface area contributed by atoms with E-state index in [1.807, 2.05) is 13.8 Å². The van der Waals surface area contributed by atoms with Gasteiger partial charge in [0.15, 0.2) is 18.4 Å². The molecular formula is C15H18FNa2O6P. The molecule has 1 fully saturated rings. The van der Waals surface area contributed by atoms with Crippen LogP contribution in [0.3, 0.4) is 0 Å². The third-order valence-corrected chi connectivity index (χ3v) is 4.88. The Labute approximate surface area is 190 Å². The van der Waals surface area contributed by atoms with Crippen molar-refractivity contribution in [2.75, 3.05) is 13.4 Å². The van der Waals surface area contributed by atoms with Crippen molar-refractivity contribution < 1.29 is 91.9 Å². The maximum atomic E-state index is 14.3. The van der Waals surface area contributed by atoms with E-state index < -0.39 is 20.4 Å². The topological polar surface area (TPSA) is 90.9 Å². The van der Waals surface area contributed by atoms with Crippen molar-refractivity contribution in [1.29, 1.82) is 0 Å². The summed E-state index contributed by atoms with van der Waals surface area (Å²) in [5.74, 6) is 0.499. The Balaban J connectivity index is 0.00000156. The summed E-state index contributed by atoms with van der Waals surface area (Å²) in [5.41, 5.74) is 1.24. The van der Waals surface area contributed by atoms with Gasteiger partial charge >= 0.3 is 59.1 Å². The monoisotopic (exact) mass is 390 g/mol. The molecule has 1 saturated carbocycles. The molecule has 1 aliphatic carbocycles. The van der Waals surface area contributed by atoms with Gasteiger partial charge in [0, 0.05) is 17.0 Å². The Morgan fingerprint density at radius 2 is 2.04 bits per heavy atom. The predicted molar refractivity (Wildman–Crippen MR) is 75.6 cm³/mol. The Morgan fingerprint density at radius 1 is 1.40 bits per heavy atom.